The summed E-state index contributed by atoms with van der Waals surface area (Å²) in [6.07, 6.45) is -3.32. The zero-order chi connectivity index (χ0) is 14.9. The Morgan fingerprint density at radius 3 is 2.35 bits per heavy atom. The second kappa shape index (κ2) is 5.58. The predicted molar refractivity (Wildman–Crippen MR) is 75.3 cm³/mol. The third-order valence-electron chi connectivity index (χ3n) is 2.89. The average Bonchev–Trinajstić information content (AvgIpc) is 2.76. The number of nitrogens with two attached hydrogens (primary N) is 1. The van der Waals surface area contributed by atoms with Gasteiger partial charge in [0.25, 0.3) is 0 Å². The second-order valence-corrected chi connectivity index (χ2v) is 5.54. The number of carboxylic acid groups (broad SMARTS) is 1. The summed E-state index contributed by atoms with van der Waals surface area (Å²) in [6, 6.07) is 6.52. The molecule has 0 aliphatic carbocycles. The molecule has 0 saturated heterocycles. The van der Waals surface area contributed by atoms with Gasteiger partial charge in [0.05, 0.1) is 5.69 Å². The van der Waals surface area contributed by atoms with E-state index in [1.807, 2.05) is 6.92 Å². The number of nitrogen functional groups attached to an aromatic ring is 1. The van der Waals surface area contributed by atoms with Crippen molar-refractivity contribution in [1.29, 1.82) is 0 Å². The topological polar surface area (TPSA) is 117 Å². The van der Waals surface area contributed by atoms with E-state index in [2.05, 4.69) is 4.98 Å². The number of anilines is 1. The molecule has 1 heterocycles. The summed E-state index contributed by atoms with van der Waals surface area (Å²) in [5.74, 6) is -1.47. The van der Waals surface area contributed by atoms with Crippen molar-refractivity contribution in [1.82, 2.24) is 4.98 Å². The van der Waals surface area contributed by atoms with E-state index in [1.165, 1.54) is 11.3 Å². The zero-order valence-electron chi connectivity index (χ0n) is 10.6. The van der Waals surface area contributed by atoms with E-state index < -0.39 is 18.2 Å². The van der Waals surface area contributed by atoms with Gasteiger partial charge in [-0.15, -0.1) is 11.3 Å². The summed E-state index contributed by atoms with van der Waals surface area (Å²) in [7, 11) is 0. The average molecular weight is 294 g/mol. The molecule has 0 radical (unpaired) electrons. The molecule has 2 unspecified atom stereocenters. The van der Waals surface area contributed by atoms with Gasteiger partial charge in [0, 0.05) is 10.4 Å². The highest BCUT2D eigenvalue weighted by Gasteiger charge is 2.25. The van der Waals surface area contributed by atoms with Crippen LogP contribution in [-0.4, -0.2) is 32.4 Å². The standard InChI is InChI=1S/C13H14N2O4S/c1-6-9(15-13(14)20-6)7-2-4-8(5-3-7)10(16)11(17)12(18)19/h2-5,10-11,16-17H,1H3,(H2,14,15)(H,18,19). The molecule has 0 bridgehead atoms. The number of aryl methyl sites for hydroxylation is 1. The van der Waals surface area contributed by atoms with E-state index >= 15 is 0 Å². The number of carbonyl (C=O) groups is 1. The molecule has 1 aromatic heterocycles. The quantitative estimate of drug-likeness (QED) is 0.672. The summed E-state index contributed by atoms with van der Waals surface area (Å²) < 4.78 is 0. The van der Waals surface area contributed by atoms with Crippen LogP contribution < -0.4 is 5.73 Å². The first-order valence-corrected chi connectivity index (χ1v) is 6.64. The number of aliphatic carboxylic acids is 1. The van der Waals surface area contributed by atoms with E-state index in [9.17, 15) is 15.0 Å². The molecule has 0 aliphatic rings. The van der Waals surface area contributed by atoms with Crippen molar-refractivity contribution in [2.24, 2.45) is 0 Å². The van der Waals surface area contributed by atoms with Crippen molar-refractivity contribution < 1.29 is 20.1 Å². The minimum atomic E-state index is -1.85. The number of aromatic nitrogens is 1. The number of rotatable bonds is 4. The summed E-state index contributed by atoms with van der Waals surface area (Å²) >= 11 is 1.38. The van der Waals surface area contributed by atoms with Crippen LogP contribution in [0.5, 0.6) is 0 Å². The molecule has 106 valence electrons. The van der Waals surface area contributed by atoms with Gasteiger partial charge in [-0.2, -0.15) is 0 Å². The molecular formula is C13H14N2O4S. The van der Waals surface area contributed by atoms with Crippen molar-refractivity contribution in [2.75, 3.05) is 5.73 Å². The highest BCUT2D eigenvalue weighted by molar-refractivity contribution is 7.15. The molecule has 0 spiro atoms. The lowest BCUT2D eigenvalue weighted by Gasteiger charge is -2.14. The maximum absolute atomic E-state index is 10.6. The Labute approximate surface area is 119 Å². The van der Waals surface area contributed by atoms with Crippen LogP contribution in [0.2, 0.25) is 0 Å². The lowest BCUT2D eigenvalue weighted by molar-refractivity contribution is -0.153. The summed E-state index contributed by atoms with van der Waals surface area (Å²) in [4.78, 5) is 15.8. The third-order valence-corrected chi connectivity index (χ3v) is 3.69. The van der Waals surface area contributed by atoms with Crippen LogP contribution in [0.1, 0.15) is 16.5 Å². The number of nitrogens with zero attached hydrogens (tertiary/aromatic N) is 1. The Balaban J connectivity index is 2.26. The fourth-order valence-electron chi connectivity index (χ4n) is 1.84. The van der Waals surface area contributed by atoms with Crippen molar-refractivity contribution in [2.45, 2.75) is 19.1 Å². The smallest absolute Gasteiger partial charge is 0.335 e. The first-order valence-electron chi connectivity index (χ1n) is 5.82. The molecule has 7 heteroatoms. The van der Waals surface area contributed by atoms with Crippen LogP contribution in [0, 0.1) is 6.92 Å². The normalized spacial score (nSPS) is 13.9. The van der Waals surface area contributed by atoms with Gasteiger partial charge in [-0.3, -0.25) is 0 Å². The van der Waals surface area contributed by atoms with E-state index in [4.69, 9.17) is 10.8 Å². The molecule has 2 aromatic rings. The Bertz CT molecular complexity index is 624. The molecule has 0 aliphatic heterocycles. The van der Waals surface area contributed by atoms with Crippen LogP contribution in [0.25, 0.3) is 11.3 Å². The van der Waals surface area contributed by atoms with E-state index in [1.54, 1.807) is 24.3 Å². The van der Waals surface area contributed by atoms with Crippen LogP contribution in [0.4, 0.5) is 5.13 Å². The zero-order valence-corrected chi connectivity index (χ0v) is 11.5. The molecule has 0 saturated carbocycles. The maximum atomic E-state index is 10.6. The number of thiazole rings is 1. The van der Waals surface area contributed by atoms with Gasteiger partial charge in [0.2, 0.25) is 0 Å². The Morgan fingerprint density at radius 2 is 1.90 bits per heavy atom. The molecule has 2 rings (SSSR count). The largest absolute Gasteiger partial charge is 0.479 e. The minimum absolute atomic E-state index is 0.324. The van der Waals surface area contributed by atoms with Gasteiger partial charge < -0.3 is 21.1 Å². The predicted octanol–water partition coefficient (Wildman–Crippen LogP) is 1.18. The summed E-state index contributed by atoms with van der Waals surface area (Å²) in [5.41, 5.74) is 7.53. The van der Waals surface area contributed by atoms with E-state index in [-0.39, 0.29) is 0 Å². The summed E-state index contributed by atoms with van der Waals surface area (Å²) in [6.45, 7) is 1.90. The molecule has 2 atom stereocenters. The van der Waals surface area contributed by atoms with Crippen molar-refractivity contribution in [3.8, 4) is 11.3 Å². The highest BCUT2D eigenvalue weighted by Crippen LogP contribution is 2.29. The van der Waals surface area contributed by atoms with Gasteiger partial charge >= 0.3 is 5.97 Å². The number of aliphatic hydroxyl groups is 2. The van der Waals surface area contributed by atoms with Gasteiger partial charge in [0.15, 0.2) is 11.2 Å². The molecular weight excluding hydrogens is 280 g/mol. The number of hydrogen-bond acceptors (Lipinski definition) is 6. The van der Waals surface area contributed by atoms with Crippen LogP contribution in [0.3, 0.4) is 0 Å². The monoisotopic (exact) mass is 294 g/mol. The Hall–Kier alpha value is -1.96. The van der Waals surface area contributed by atoms with Crippen molar-refractivity contribution in [3.05, 3.63) is 34.7 Å². The lowest BCUT2D eigenvalue weighted by Crippen LogP contribution is -2.27. The summed E-state index contributed by atoms with van der Waals surface area (Å²) in [5, 5.41) is 28.1. The Morgan fingerprint density at radius 1 is 1.30 bits per heavy atom. The fraction of sp³-hybridized carbons (Fsp3) is 0.231. The Kier molecular flexibility index (Phi) is 4.03. The number of hydrogen-bond donors (Lipinski definition) is 4. The maximum Gasteiger partial charge on any atom is 0.335 e. The van der Waals surface area contributed by atoms with Crippen LogP contribution in [0.15, 0.2) is 24.3 Å². The molecule has 0 amide bonds. The second-order valence-electron chi connectivity index (χ2n) is 4.31. The molecule has 1 aromatic carbocycles. The first kappa shape index (κ1) is 14.4. The van der Waals surface area contributed by atoms with E-state index in [0.29, 0.717) is 10.7 Å². The number of carboxylic acids is 1. The van der Waals surface area contributed by atoms with Gasteiger partial charge in [-0.05, 0) is 12.5 Å². The van der Waals surface area contributed by atoms with Crippen molar-refractivity contribution >= 4 is 22.4 Å². The molecule has 0 fully saturated rings. The van der Waals surface area contributed by atoms with Gasteiger partial charge in [-0.25, -0.2) is 9.78 Å². The molecule has 20 heavy (non-hydrogen) atoms. The van der Waals surface area contributed by atoms with Crippen LogP contribution in [-0.2, 0) is 4.79 Å². The highest BCUT2D eigenvalue weighted by atomic mass is 32.1. The number of benzene rings is 1. The molecule has 6 nitrogen and oxygen atoms in total. The number of aliphatic hydroxyl groups excluding tert-OH is 2. The van der Waals surface area contributed by atoms with E-state index in [0.717, 1.165) is 16.1 Å². The fourth-order valence-corrected chi connectivity index (χ4v) is 2.55. The van der Waals surface area contributed by atoms with Gasteiger partial charge in [-0.1, -0.05) is 24.3 Å². The third kappa shape index (κ3) is 2.79. The van der Waals surface area contributed by atoms with Crippen LogP contribution >= 0.6 is 11.3 Å². The SMILES string of the molecule is Cc1sc(N)nc1-c1ccc(C(O)C(O)C(=O)O)cc1. The minimum Gasteiger partial charge on any atom is -0.479 e. The lowest BCUT2D eigenvalue weighted by atomic mass is 10.0. The first-order chi connectivity index (χ1) is 9.40. The molecule has 5 N–H and O–H groups in total. The van der Waals surface area contributed by atoms with Gasteiger partial charge in [0.1, 0.15) is 6.10 Å². The van der Waals surface area contributed by atoms with Crippen molar-refractivity contribution in [3.63, 3.8) is 0 Å².